The molecule has 3 N–H and O–H groups in total. The van der Waals surface area contributed by atoms with Crippen LogP contribution >= 0.6 is 0 Å². The number of aliphatic hydroxyl groups excluding tert-OH is 1. The van der Waals surface area contributed by atoms with Gasteiger partial charge < -0.3 is 20.2 Å². The summed E-state index contributed by atoms with van der Waals surface area (Å²) in [6.07, 6.45) is 3.10. The molecule has 1 saturated heterocycles. The van der Waals surface area contributed by atoms with Crippen molar-refractivity contribution < 1.29 is 14.3 Å². The van der Waals surface area contributed by atoms with Crippen molar-refractivity contribution in [1.82, 2.24) is 15.6 Å². The summed E-state index contributed by atoms with van der Waals surface area (Å²) < 4.78 is 5.22. The van der Waals surface area contributed by atoms with Crippen molar-refractivity contribution in [1.29, 1.82) is 0 Å². The summed E-state index contributed by atoms with van der Waals surface area (Å²) in [5, 5.41) is 15.3. The Morgan fingerprint density at radius 2 is 2.24 bits per heavy atom. The molecule has 2 unspecified atom stereocenters. The summed E-state index contributed by atoms with van der Waals surface area (Å²) in [5.41, 5.74) is 1.95. The van der Waals surface area contributed by atoms with E-state index in [0.29, 0.717) is 19.5 Å². The van der Waals surface area contributed by atoms with Gasteiger partial charge >= 0.3 is 0 Å². The first-order valence-electron chi connectivity index (χ1n) is 6.89. The van der Waals surface area contributed by atoms with Crippen LogP contribution in [0, 0.1) is 0 Å². The first-order valence-corrected chi connectivity index (χ1v) is 6.89. The van der Waals surface area contributed by atoms with Gasteiger partial charge in [0, 0.05) is 18.7 Å². The molecule has 0 aliphatic carbocycles. The van der Waals surface area contributed by atoms with E-state index in [-0.39, 0.29) is 11.9 Å². The molecule has 21 heavy (non-hydrogen) atoms. The van der Waals surface area contributed by atoms with Gasteiger partial charge in [-0.05, 0) is 12.0 Å². The van der Waals surface area contributed by atoms with Crippen molar-refractivity contribution in [3.05, 3.63) is 42.4 Å². The van der Waals surface area contributed by atoms with Crippen LogP contribution in [0.2, 0.25) is 0 Å². The van der Waals surface area contributed by atoms with Crippen molar-refractivity contribution in [3.8, 4) is 11.3 Å². The number of nitrogens with zero attached hydrogens (tertiary/aromatic N) is 1. The molecule has 0 radical (unpaired) electrons. The monoisotopic (exact) mass is 287 g/mol. The van der Waals surface area contributed by atoms with Gasteiger partial charge in [0.25, 0.3) is 0 Å². The Kier molecular flexibility index (Phi) is 3.98. The van der Waals surface area contributed by atoms with Crippen LogP contribution < -0.4 is 10.6 Å². The molecule has 3 rings (SSSR count). The number of hydrogen-bond donors (Lipinski definition) is 3. The second-order valence-corrected chi connectivity index (χ2v) is 5.13. The Morgan fingerprint density at radius 1 is 1.43 bits per heavy atom. The summed E-state index contributed by atoms with van der Waals surface area (Å²) in [4.78, 5) is 15.8. The quantitative estimate of drug-likeness (QED) is 0.770. The van der Waals surface area contributed by atoms with Gasteiger partial charge in [0.05, 0.1) is 18.3 Å². The van der Waals surface area contributed by atoms with Crippen LogP contribution in [-0.4, -0.2) is 34.7 Å². The maximum Gasteiger partial charge on any atom is 0.237 e. The Labute approximate surface area is 122 Å². The van der Waals surface area contributed by atoms with Crippen molar-refractivity contribution in [2.24, 2.45) is 0 Å². The van der Waals surface area contributed by atoms with Gasteiger partial charge in [0.2, 0.25) is 5.91 Å². The standard InChI is InChI=1S/C15H17N3O3/c19-12-5-13(17-7-12)15(20)18-6-10-1-3-11(4-2-10)14-8-16-9-21-14/h1-4,8-9,12-13,17,19H,5-7H2,(H,18,20). The predicted molar refractivity (Wildman–Crippen MR) is 76.2 cm³/mol. The highest BCUT2D eigenvalue weighted by molar-refractivity contribution is 5.82. The van der Waals surface area contributed by atoms with Gasteiger partial charge in [-0.2, -0.15) is 0 Å². The Balaban J connectivity index is 1.55. The topological polar surface area (TPSA) is 87.4 Å². The molecule has 0 saturated carbocycles. The fraction of sp³-hybridized carbons (Fsp3) is 0.333. The Bertz CT molecular complexity index is 595. The van der Waals surface area contributed by atoms with Crippen LogP contribution in [0.3, 0.4) is 0 Å². The zero-order valence-electron chi connectivity index (χ0n) is 11.5. The van der Waals surface area contributed by atoms with E-state index in [1.165, 1.54) is 6.39 Å². The van der Waals surface area contributed by atoms with Gasteiger partial charge in [0.15, 0.2) is 12.2 Å². The zero-order chi connectivity index (χ0) is 14.7. The third-order valence-electron chi connectivity index (χ3n) is 3.56. The number of aliphatic hydroxyl groups is 1. The van der Waals surface area contributed by atoms with Crippen LogP contribution in [0.1, 0.15) is 12.0 Å². The molecule has 6 heteroatoms. The maximum atomic E-state index is 11.9. The summed E-state index contributed by atoms with van der Waals surface area (Å²) in [5.74, 6) is 0.639. The van der Waals surface area contributed by atoms with Gasteiger partial charge in [-0.1, -0.05) is 24.3 Å². The molecule has 0 spiro atoms. The molecule has 1 aliphatic rings. The lowest BCUT2D eigenvalue weighted by Gasteiger charge is -2.11. The molecule has 2 heterocycles. The molecule has 1 aromatic heterocycles. The largest absolute Gasteiger partial charge is 0.444 e. The lowest BCUT2D eigenvalue weighted by molar-refractivity contribution is -0.123. The Hall–Kier alpha value is -2.18. The van der Waals surface area contributed by atoms with Crippen LogP contribution in [0.25, 0.3) is 11.3 Å². The van der Waals surface area contributed by atoms with E-state index in [9.17, 15) is 9.90 Å². The number of aromatic nitrogens is 1. The van der Waals surface area contributed by atoms with Crippen molar-refractivity contribution in [2.75, 3.05) is 6.54 Å². The zero-order valence-corrected chi connectivity index (χ0v) is 11.5. The average Bonchev–Trinajstić information content (AvgIpc) is 3.16. The number of hydrogen-bond acceptors (Lipinski definition) is 5. The number of amides is 1. The normalized spacial score (nSPS) is 21.4. The van der Waals surface area contributed by atoms with Gasteiger partial charge in [-0.25, -0.2) is 4.98 Å². The van der Waals surface area contributed by atoms with Gasteiger partial charge in [0.1, 0.15) is 0 Å². The minimum Gasteiger partial charge on any atom is -0.444 e. The highest BCUT2D eigenvalue weighted by Crippen LogP contribution is 2.18. The second-order valence-electron chi connectivity index (χ2n) is 5.13. The fourth-order valence-electron chi connectivity index (χ4n) is 2.37. The molecule has 6 nitrogen and oxygen atoms in total. The summed E-state index contributed by atoms with van der Waals surface area (Å²) in [6, 6.07) is 7.44. The highest BCUT2D eigenvalue weighted by Gasteiger charge is 2.27. The molecule has 110 valence electrons. The summed E-state index contributed by atoms with van der Waals surface area (Å²) in [6.45, 7) is 0.938. The van der Waals surface area contributed by atoms with E-state index in [0.717, 1.165) is 16.9 Å². The molecule has 2 atom stereocenters. The predicted octanol–water partition coefficient (Wildman–Crippen LogP) is 0.681. The van der Waals surface area contributed by atoms with Gasteiger partial charge in [-0.15, -0.1) is 0 Å². The minimum absolute atomic E-state index is 0.0779. The van der Waals surface area contributed by atoms with E-state index < -0.39 is 6.10 Å². The van der Waals surface area contributed by atoms with Crippen molar-refractivity contribution in [2.45, 2.75) is 25.1 Å². The lowest BCUT2D eigenvalue weighted by Crippen LogP contribution is -2.39. The van der Waals surface area contributed by atoms with E-state index >= 15 is 0 Å². The number of carbonyl (C=O) groups excluding carboxylic acids is 1. The van der Waals surface area contributed by atoms with E-state index in [4.69, 9.17) is 4.42 Å². The third kappa shape index (κ3) is 3.29. The number of rotatable bonds is 4. The number of nitrogens with one attached hydrogen (secondary N) is 2. The molecular weight excluding hydrogens is 270 g/mol. The molecule has 1 aliphatic heterocycles. The molecular formula is C15H17N3O3. The summed E-state index contributed by atoms with van der Waals surface area (Å²) >= 11 is 0. The van der Waals surface area contributed by atoms with Crippen LogP contribution in [-0.2, 0) is 11.3 Å². The number of carbonyl (C=O) groups is 1. The minimum atomic E-state index is -0.429. The molecule has 1 fully saturated rings. The Morgan fingerprint density at radius 3 is 2.86 bits per heavy atom. The van der Waals surface area contributed by atoms with Crippen molar-refractivity contribution >= 4 is 5.91 Å². The first-order chi connectivity index (χ1) is 10.2. The summed E-state index contributed by atoms with van der Waals surface area (Å²) in [7, 11) is 0. The molecule has 0 bridgehead atoms. The van der Waals surface area contributed by atoms with Crippen LogP contribution in [0.15, 0.2) is 41.3 Å². The van der Waals surface area contributed by atoms with E-state index in [2.05, 4.69) is 15.6 Å². The molecule has 1 amide bonds. The second kappa shape index (κ2) is 6.07. The molecule has 2 aromatic rings. The SMILES string of the molecule is O=C(NCc1ccc(-c2cnco2)cc1)C1CC(O)CN1. The van der Waals surface area contributed by atoms with E-state index in [1.807, 2.05) is 24.3 Å². The number of β-amino-alcohol motifs (C(OH)–C–C–N with tert-alkyl or cyclic N) is 1. The fourth-order valence-corrected chi connectivity index (χ4v) is 2.37. The van der Waals surface area contributed by atoms with Gasteiger partial charge in [-0.3, -0.25) is 4.79 Å². The smallest absolute Gasteiger partial charge is 0.237 e. The highest BCUT2D eigenvalue weighted by atomic mass is 16.3. The van der Waals surface area contributed by atoms with Crippen LogP contribution in [0.5, 0.6) is 0 Å². The van der Waals surface area contributed by atoms with Crippen LogP contribution in [0.4, 0.5) is 0 Å². The number of benzene rings is 1. The lowest BCUT2D eigenvalue weighted by atomic mass is 10.1. The third-order valence-corrected chi connectivity index (χ3v) is 3.56. The average molecular weight is 287 g/mol. The number of oxazole rings is 1. The van der Waals surface area contributed by atoms with Crippen molar-refractivity contribution in [3.63, 3.8) is 0 Å². The first kappa shape index (κ1) is 13.8. The molecule has 1 aromatic carbocycles. The van der Waals surface area contributed by atoms with E-state index in [1.54, 1.807) is 6.20 Å². The maximum absolute atomic E-state index is 11.9.